The Morgan fingerprint density at radius 2 is 1.86 bits per heavy atom. The van der Waals surface area contributed by atoms with Crippen LogP contribution in [0.2, 0.25) is 0 Å². The standard InChI is InChI=1S/C30H27F3N6O5/c31-21-10-18(13-34)25(12-22(21)32)43-16-26-35-5-1-28(36-26)44-19-2-6-38(7-3-19)15-27-37-29-23(33)9-17(30(40)41)11-24(29)39(27)14-20-4-8-42-20/h1,5,9-12,19-20H,2-4,6-8,14-16H2,(H,40,41)/t20-/m0/s1. The third-order valence-electron chi connectivity index (χ3n) is 7.68. The highest BCUT2D eigenvalue weighted by atomic mass is 19.2. The molecule has 11 nitrogen and oxygen atoms in total. The number of carboxylic acid groups (broad SMARTS) is 1. The maximum atomic E-state index is 14.8. The van der Waals surface area contributed by atoms with Crippen molar-refractivity contribution in [2.24, 2.45) is 0 Å². The average Bonchev–Trinajstić information content (AvgIpc) is 3.33. The number of piperidine rings is 1. The quantitative estimate of drug-likeness (QED) is 0.279. The van der Waals surface area contributed by atoms with E-state index in [1.54, 1.807) is 12.1 Å². The van der Waals surface area contributed by atoms with Crippen LogP contribution < -0.4 is 9.47 Å². The van der Waals surface area contributed by atoms with Crippen molar-refractivity contribution >= 4 is 17.0 Å². The summed E-state index contributed by atoms with van der Waals surface area (Å²) in [4.78, 5) is 26.8. The van der Waals surface area contributed by atoms with E-state index in [9.17, 15) is 28.3 Å². The second-order valence-electron chi connectivity index (χ2n) is 10.6. The fraction of sp³-hybridized carbons (Fsp3) is 0.367. The summed E-state index contributed by atoms with van der Waals surface area (Å²) in [6.45, 7) is 2.72. The lowest BCUT2D eigenvalue weighted by molar-refractivity contribution is -0.0592. The molecule has 44 heavy (non-hydrogen) atoms. The Hall–Kier alpha value is -4.74. The molecule has 1 atom stereocenters. The second-order valence-corrected chi connectivity index (χ2v) is 10.6. The molecule has 2 aromatic carbocycles. The molecular formula is C30H27F3N6O5. The summed E-state index contributed by atoms with van der Waals surface area (Å²) < 4.78 is 60.9. The summed E-state index contributed by atoms with van der Waals surface area (Å²) >= 11 is 0. The zero-order valence-electron chi connectivity index (χ0n) is 23.4. The van der Waals surface area contributed by atoms with E-state index >= 15 is 0 Å². The molecule has 4 heterocycles. The van der Waals surface area contributed by atoms with Crippen molar-refractivity contribution < 1.29 is 37.3 Å². The number of imidazole rings is 1. The van der Waals surface area contributed by atoms with Gasteiger partial charge in [-0.1, -0.05) is 0 Å². The number of hydrogen-bond acceptors (Lipinski definition) is 9. The average molecular weight is 609 g/mol. The Balaban J connectivity index is 1.08. The van der Waals surface area contributed by atoms with Crippen molar-refractivity contribution in [1.29, 1.82) is 5.26 Å². The number of nitriles is 1. The minimum atomic E-state index is -1.21. The lowest BCUT2D eigenvalue weighted by Crippen LogP contribution is -2.39. The highest BCUT2D eigenvalue weighted by molar-refractivity contribution is 5.92. The summed E-state index contributed by atoms with van der Waals surface area (Å²) in [6, 6.07) is 7.40. The fourth-order valence-electron chi connectivity index (χ4n) is 5.26. The van der Waals surface area contributed by atoms with Crippen LogP contribution in [0, 0.1) is 28.8 Å². The Bertz CT molecular complexity index is 1750. The van der Waals surface area contributed by atoms with Crippen LogP contribution >= 0.6 is 0 Å². The Morgan fingerprint density at radius 1 is 1.09 bits per heavy atom. The molecule has 2 saturated heterocycles. The maximum absolute atomic E-state index is 14.8. The molecule has 0 spiro atoms. The minimum Gasteiger partial charge on any atom is -0.484 e. The summed E-state index contributed by atoms with van der Waals surface area (Å²) in [5.74, 6) is -3.07. The van der Waals surface area contributed by atoms with E-state index in [-0.39, 0.29) is 47.0 Å². The number of hydrogen-bond donors (Lipinski definition) is 1. The van der Waals surface area contributed by atoms with Crippen LogP contribution in [0.3, 0.4) is 0 Å². The van der Waals surface area contributed by atoms with Crippen molar-refractivity contribution in [3.63, 3.8) is 0 Å². The zero-order chi connectivity index (χ0) is 30.8. The summed E-state index contributed by atoms with van der Waals surface area (Å²) in [5, 5.41) is 18.6. The first-order chi connectivity index (χ1) is 21.3. The van der Waals surface area contributed by atoms with Crippen molar-refractivity contribution in [1.82, 2.24) is 24.4 Å². The topological polar surface area (TPSA) is 136 Å². The number of likely N-dealkylation sites (tertiary alicyclic amines) is 1. The van der Waals surface area contributed by atoms with E-state index in [1.165, 1.54) is 12.3 Å². The number of aromatic nitrogens is 4. The Labute approximate surface area is 249 Å². The molecule has 0 radical (unpaired) electrons. The number of rotatable bonds is 10. The van der Waals surface area contributed by atoms with Gasteiger partial charge in [-0.2, -0.15) is 10.2 Å². The number of fused-ring (bicyclic) bond motifs is 1. The number of halogens is 3. The van der Waals surface area contributed by atoms with E-state index in [4.69, 9.17) is 14.2 Å². The van der Waals surface area contributed by atoms with E-state index in [1.807, 2.05) is 4.57 Å². The van der Waals surface area contributed by atoms with Gasteiger partial charge in [-0.3, -0.25) is 4.90 Å². The Kier molecular flexibility index (Phi) is 8.32. The second kappa shape index (κ2) is 12.5. The van der Waals surface area contributed by atoms with E-state index in [0.717, 1.165) is 24.6 Å². The van der Waals surface area contributed by atoms with E-state index < -0.39 is 23.4 Å². The Morgan fingerprint density at radius 3 is 2.57 bits per heavy atom. The highest BCUT2D eigenvalue weighted by Crippen LogP contribution is 2.27. The first-order valence-electron chi connectivity index (χ1n) is 14.0. The van der Waals surface area contributed by atoms with Crippen LogP contribution in [0.1, 0.15) is 46.8 Å². The van der Waals surface area contributed by atoms with Gasteiger partial charge >= 0.3 is 5.97 Å². The molecular weight excluding hydrogens is 581 g/mol. The molecule has 2 fully saturated rings. The normalized spacial score (nSPS) is 17.3. The maximum Gasteiger partial charge on any atom is 0.335 e. The van der Waals surface area contributed by atoms with Gasteiger partial charge in [0.05, 0.1) is 35.8 Å². The molecule has 4 aromatic rings. The molecule has 228 valence electrons. The molecule has 0 amide bonds. The minimum absolute atomic E-state index is 0.0322. The van der Waals surface area contributed by atoms with E-state index in [2.05, 4.69) is 19.9 Å². The van der Waals surface area contributed by atoms with Crippen LogP contribution in [0.4, 0.5) is 13.2 Å². The van der Waals surface area contributed by atoms with Gasteiger partial charge in [0.25, 0.3) is 0 Å². The van der Waals surface area contributed by atoms with Gasteiger partial charge in [0.2, 0.25) is 5.88 Å². The van der Waals surface area contributed by atoms with Crippen molar-refractivity contribution in [3.05, 3.63) is 76.8 Å². The number of carboxylic acids is 1. The fourth-order valence-corrected chi connectivity index (χ4v) is 5.26. The molecule has 2 aromatic heterocycles. The van der Waals surface area contributed by atoms with Gasteiger partial charge in [0.1, 0.15) is 35.9 Å². The van der Waals surface area contributed by atoms with Gasteiger partial charge in [-0.05, 0) is 37.5 Å². The first kappa shape index (κ1) is 29.3. The summed E-state index contributed by atoms with van der Waals surface area (Å²) in [6.07, 6.45) is 3.56. The summed E-state index contributed by atoms with van der Waals surface area (Å²) in [5.41, 5.74) is 0.290. The van der Waals surface area contributed by atoms with Crippen LogP contribution in [0.5, 0.6) is 11.6 Å². The van der Waals surface area contributed by atoms with Gasteiger partial charge in [0, 0.05) is 38.0 Å². The third kappa shape index (κ3) is 6.29. The number of benzene rings is 2. The lowest BCUT2D eigenvalue weighted by Gasteiger charge is -2.32. The van der Waals surface area contributed by atoms with Crippen LogP contribution in [0.15, 0.2) is 36.5 Å². The zero-order valence-corrected chi connectivity index (χ0v) is 23.4. The molecule has 2 aliphatic heterocycles. The molecule has 0 aliphatic carbocycles. The molecule has 14 heteroatoms. The molecule has 0 unspecified atom stereocenters. The SMILES string of the molecule is N#Cc1cc(F)c(F)cc1OCc1nccc(OC2CCN(Cc3nc4c(F)cc(C(=O)O)cc4n3C[C@@H]3CCO3)CC2)n1. The lowest BCUT2D eigenvalue weighted by atomic mass is 10.1. The third-order valence-corrected chi connectivity index (χ3v) is 7.68. The largest absolute Gasteiger partial charge is 0.484 e. The smallest absolute Gasteiger partial charge is 0.335 e. The first-order valence-corrected chi connectivity index (χ1v) is 14.0. The molecule has 6 rings (SSSR count). The van der Waals surface area contributed by atoms with E-state index in [0.29, 0.717) is 62.8 Å². The van der Waals surface area contributed by atoms with Gasteiger partial charge < -0.3 is 23.9 Å². The van der Waals surface area contributed by atoms with Crippen LogP contribution in [-0.2, 0) is 24.4 Å². The van der Waals surface area contributed by atoms with Crippen LogP contribution in [0.25, 0.3) is 11.0 Å². The van der Waals surface area contributed by atoms with Crippen LogP contribution in [-0.4, -0.2) is 67.4 Å². The van der Waals surface area contributed by atoms with Crippen molar-refractivity contribution in [3.8, 4) is 17.7 Å². The van der Waals surface area contributed by atoms with Gasteiger partial charge in [-0.15, -0.1) is 0 Å². The number of carbonyl (C=O) groups is 1. The molecule has 1 N–H and O–H groups in total. The van der Waals surface area contributed by atoms with Crippen molar-refractivity contribution in [2.75, 3.05) is 19.7 Å². The monoisotopic (exact) mass is 608 g/mol. The van der Waals surface area contributed by atoms with Crippen molar-refractivity contribution in [2.45, 2.75) is 51.2 Å². The number of ether oxygens (including phenoxy) is 3. The summed E-state index contributed by atoms with van der Waals surface area (Å²) in [7, 11) is 0. The van der Waals surface area contributed by atoms with Gasteiger partial charge in [0.15, 0.2) is 23.3 Å². The van der Waals surface area contributed by atoms with Gasteiger partial charge in [-0.25, -0.2) is 27.9 Å². The molecule has 0 saturated carbocycles. The predicted molar refractivity (Wildman–Crippen MR) is 147 cm³/mol. The predicted octanol–water partition coefficient (Wildman–Crippen LogP) is 4.22. The highest BCUT2D eigenvalue weighted by Gasteiger charge is 2.27. The number of nitrogens with zero attached hydrogens (tertiary/aromatic N) is 6. The molecule has 2 aliphatic rings. The molecule has 0 bridgehead atoms. The number of aromatic carboxylic acids is 1.